The van der Waals surface area contributed by atoms with Crippen LogP contribution in [-0.4, -0.2) is 9.55 Å². The Kier molecular flexibility index (Phi) is 2.21. The smallest absolute Gasteiger partial charge is 0.159 e. The summed E-state index contributed by atoms with van der Waals surface area (Å²) in [6.45, 7) is 2.85. The lowest BCUT2D eigenvalue weighted by molar-refractivity contribution is 0.775. The maximum atomic E-state index is 5.73. The standard InChI is InChI=1S/C10H11N3S/c1-2-13-8-6-4-3-5-7(8)12-9(11)10(13)14/h3-6H,2H2,1H3,(H2,11,12). The quantitative estimate of drug-likeness (QED) is 0.727. The van der Waals surface area contributed by atoms with Gasteiger partial charge in [0.2, 0.25) is 0 Å². The first-order chi connectivity index (χ1) is 6.74. The van der Waals surface area contributed by atoms with E-state index in [9.17, 15) is 0 Å². The summed E-state index contributed by atoms with van der Waals surface area (Å²) in [5, 5.41) is 0. The molecule has 0 fully saturated rings. The summed E-state index contributed by atoms with van der Waals surface area (Å²) in [5.41, 5.74) is 7.65. The second-order valence-electron chi connectivity index (χ2n) is 3.04. The van der Waals surface area contributed by atoms with Crippen molar-refractivity contribution in [2.45, 2.75) is 13.5 Å². The molecule has 0 aliphatic heterocycles. The van der Waals surface area contributed by atoms with Gasteiger partial charge < -0.3 is 10.3 Å². The molecule has 0 bridgehead atoms. The summed E-state index contributed by atoms with van der Waals surface area (Å²) in [5.74, 6) is 0.431. The van der Waals surface area contributed by atoms with Gasteiger partial charge in [-0.1, -0.05) is 24.4 Å². The number of nitrogens with two attached hydrogens (primary N) is 1. The Balaban J connectivity index is 2.96. The van der Waals surface area contributed by atoms with Gasteiger partial charge in [0.15, 0.2) is 5.82 Å². The van der Waals surface area contributed by atoms with Gasteiger partial charge in [-0.15, -0.1) is 0 Å². The molecule has 0 radical (unpaired) electrons. The van der Waals surface area contributed by atoms with Crippen LogP contribution in [0.3, 0.4) is 0 Å². The highest BCUT2D eigenvalue weighted by molar-refractivity contribution is 7.71. The second kappa shape index (κ2) is 3.38. The molecule has 14 heavy (non-hydrogen) atoms. The number of aromatic nitrogens is 2. The van der Waals surface area contributed by atoms with Crippen LogP contribution >= 0.6 is 12.2 Å². The Bertz CT molecular complexity index is 530. The van der Waals surface area contributed by atoms with Gasteiger partial charge in [0.1, 0.15) is 4.64 Å². The van der Waals surface area contributed by atoms with Crippen LogP contribution in [0.4, 0.5) is 5.82 Å². The third-order valence-corrected chi connectivity index (χ3v) is 2.62. The monoisotopic (exact) mass is 205 g/mol. The molecule has 3 nitrogen and oxygen atoms in total. The molecule has 0 amide bonds. The third-order valence-electron chi connectivity index (χ3n) is 2.19. The van der Waals surface area contributed by atoms with Crippen LogP contribution in [0.5, 0.6) is 0 Å². The number of hydrogen-bond donors (Lipinski definition) is 1. The van der Waals surface area contributed by atoms with E-state index in [0.29, 0.717) is 10.5 Å². The van der Waals surface area contributed by atoms with Gasteiger partial charge in [-0.2, -0.15) is 0 Å². The van der Waals surface area contributed by atoms with Gasteiger partial charge in [0, 0.05) is 6.54 Å². The molecule has 1 heterocycles. The molecule has 1 aromatic carbocycles. The predicted molar refractivity (Wildman–Crippen MR) is 60.7 cm³/mol. The first kappa shape index (κ1) is 9.15. The number of nitrogens with zero attached hydrogens (tertiary/aromatic N) is 2. The lowest BCUT2D eigenvalue weighted by atomic mass is 10.3. The Hall–Kier alpha value is -1.42. The Morgan fingerprint density at radius 3 is 2.86 bits per heavy atom. The van der Waals surface area contributed by atoms with Gasteiger partial charge >= 0.3 is 0 Å². The van der Waals surface area contributed by atoms with Gasteiger partial charge in [-0.3, -0.25) is 0 Å². The summed E-state index contributed by atoms with van der Waals surface area (Å²) in [7, 11) is 0. The number of aryl methyl sites for hydroxylation is 1. The average molecular weight is 205 g/mol. The minimum atomic E-state index is 0.431. The number of hydrogen-bond acceptors (Lipinski definition) is 3. The van der Waals surface area contributed by atoms with Crippen molar-refractivity contribution in [3.05, 3.63) is 28.9 Å². The van der Waals surface area contributed by atoms with Crippen molar-refractivity contribution in [1.82, 2.24) is 9.55 Å². The molecule has 0 atom stereocenters. The maximum Gasteiger partial charge on any atom is 0.159 e. The van der Waals surface area contributed by atoms with Crippen molar-refractivity contribution in [3.8, 4) is 0 Å². The van der Waals surface area contributed by atoms with E-state index in [-0.39, 0.29) is 0 Å². The molecule has 2 aromatic rings. The van der Waals surface area contributed by atoms with E-state index in [1.54, 1.807) is 0 Å². The fourth-order valence-corrected chi connectivity index (χ4v) is 1.80. The van der Waals surface area contributed by atoms with Crippen LogP contribution in [0.1, 0.15) is 6.92 Å². The van der Waals surface area contributed by atoms with Crippen molar-refractivity contribution in [2.75, 3.05) is 5.73 Å². The van der Waals surface area contributed by atoms with Crippen LogP contribution in [0.15, 0.2) is 24.3 Å². The lowest BCUT2D eigenvalue weighted by Gasteiger charge is -2.09. The zero-order valence-corrected chi connectivity index (χ0v) is 8.71. The molecular weight excluding hydrogens is 194 g/mol. The highest BCUT2D eigenvalue weighted by Crippen LogP contribution is 2.15. The second-order valence-corrected chi connectivity index (χ2v) is 3.42. The molecule has 1 aromatic heterocycles. The topological polar surface area (TPSA) is 43.8 Å². The largest absolute Gasteiger partial charge is 0.381 e. The van der Waals surface area contributed by atoms with Crippen molar-refractivity contribution in [2.24, 2.45) is 0 Å². The first-order valence-corrected chi connectivity index (χ1v) is 4.90. The third kappa shape index (κ3) is 1.28. The number of benzene rings is 1. The number of rotatable bonds is 1. The molecule has 0 saturated heterocycles. The van der Waals surface area contributed by atoms with Crippen LogP contribution in [-0.2, 0) is 6.54 Å². The fourth-order valence-electron chi connectivity index (χ4n) is 1.53. The highest BCUT2D eigenvalue weighted by atomic mass is 32.1. The van der Waals surface area contributed by atoms with E-state index in [0.717, 1.165) is 17.6 Å². The molecule has 4 heteroatoms. The van der Waals surface area contributed by atoms with Crippen LogP contribution in [0.2, 0.25) is 0 Å². The molecular formula is C10H11N3S. The van der Waals surface area contributed by atoms with E-state index in [1.807, 2.05) is 35.8 Å². The Morgan fingerprint density at radius 1 is 1.43 bits per heavy atom. The summed E-state index contributed by atoms with van der Waals surface area (Å²) < 4.78 is 2.61. The molecule has 0 unspecified atom stereocenters. The van der Waals surface area contributed by atoms with E-state index in [2.05, 4.69) is 4.98 Å². The van der Waals surface area contributed by atoms with Crippen LogP contribution in [0, 0.1) is 4.64 Å². The number of fused-ring (bicyclic) bond motifs is 1. The minimum absolute atomic E-state index is 0.431. The lowest BCUT2D eigenvalue weighted by Crippen LogP contribution is -2.05. The van der Waals surface area contributed by atoms with Crippen molar-refractivity contribution < 1.29 is 0 Å². The number of anilines is 1. The van der Waals surface area contributed by atoms with Gasteiger partial charge in [0.05, 0.1) is 11.0 Å². The Morgan fingerprint density at radius 2 is 2.14 bits per heavy atom. The highest BCUT2D eigenvalue weighted by Gasteiger charge is 2.02. The molecule has 0 saturated carbocycles. The van der Waals surface area contributed by atoms with E-state index in [1.165, 1.54) is 0 Å². The normalized spacial score (nSPS) is 10.6. The Labute approximate surface area is 87.2 Å². The number of nitrogen functional groups attached to an aromatic ring is 1. The van der Waals surface area contributed by atoms with E-state index in [4.69, 9.17) is 18.0 Å². The van der Waals surface area contributed by atoms with E-state index >= 15 is 0 Å². The fraction of sp³-hybridized carbons (Fsp3) is 0.200. The molecule has 0 spiro atoms. The van der Waals surface area contributed by atoms with E-state index < -0.39 is 0 Å². The zero-order chi connectivity index (χ0) is 10.1. The minimum Gasteiger partial charge on any atom is -0.381 e. The van der Waals surface area contributed by atoms with Gasteiger partial charge in [-0.25, -0.2) is 4.98 Å². The van der Waals surface area contributed by atoms with Crippen LogP contribution in [0.25, 0.3) is 11.0 Å². The maximum absolute atomic E-state index is 5.73. The average Bonchev–Trinajstić information content (AvgIpc) is 2.20. The van der Waals surface area contributed by atoms with Crippen molar-refractivity contribution in [1.29, 1.82) is 0 Å². The summed E-state index contributed by atoms with van der Waals surface area (Å²) in [4.78, 5) is 4.24. The van der Waals surface area contributed by atoms with Gasteiger partial charge in [0.25, 0.3) is 0 Å². The van der Waals surface area contributed by atoms with Crippen molar-refractivity contribution in [3.63, 3.8) is 0 Å². The predicted octanol–water partition coefficient (Wildman–Crippen LogP) is 2.37. The summed E-state index contributed by atoms with van der Waals surface area (Å²) in [6, 6.07) is 7.85. The first-order valence-electron chi connectivity index (χ1n) is 4.49. The molecule has 0 aliphatic carbocycles. The number of para-hydroxylation sites is 2. The molecule has 2 N–H and O–H groups in total. The van der Waals surface area contributed by atoms with Gasteiger partial charge in [-0.05, 0) is 19.1 Å². The summed E-state index contributed by atoms with van der Waals surface area (Å²) in [6.07, 6.45) is 0. The van der Waals surface area contributed by atoms with Crippen molar-refractivity contribution >= 4 is 29.1 Å². The molecule has 72 valence electrons. The summed E-state index contributed by atoms with van der Waals surface area (Å²) >= 11 is 5.20. The molecule has 0 aliphatic rings. The zero-order valence-electron chi connectivity index (χ0n) is 7.90. The SMILES string of the molecule is CCn1c(=S)c(N)nc2ccccc21. The molecule has 2 rings (SSSR count). The van der Waals surface area contributed by atoms with Crippen LogP contribution < -0.4 is 5.73 Å².